The Hall–Kier alpha value is -7.56. The minimum atomic E-state index is -0.210. The standard InChI is InChI=1S/C83H88BN3/c1-53-44-62-64(80(9,10)42-40-78(62,5)6)51-72(53)86-71-36-33-58(55-28-20-16-21-29-55)46-67(71)84-68-50-63-65(81(11,12)43-41-79(63,7)8)52-73(68)85(69-37-34-59(77(2,3)4)47-61(69)56-30-22-17-23-31-56)74-48-60(49-75(86)76(74)84)87-70-35-32-57(54-26-18-15-19-27-54)45-66(70)82(13)38-24-25-39-83(82,87)14/h15-23,26-37,44-52H,24-25,38-43H2,1-14H3. The fraction of sp³-hybridized carbons (Fsp3) is 0.349. The van der Waals surface area contributed by atoms with Gasteiger partial charge in [-0.2, -0.15) is 0 Å². The van der Waals surface area contributed by atoms with Gasteiger partial charge in [0.25, 0.3) is 6.71 Å². The molecule has 6 aliphatic rings. The van der Waals surface area contributed by atoms with E-state index in [4.69, 9.17) is 0 Å². The van der Waals surface area contributed by atoms with Gasteiger partial charge in [0, 0.05) is 50.8 Å². The number of nitrogens with zero attached hydrogens (tertiary/aromatic N) is 3. The van der Waals surface area contributed by atoms with Crippen molar-refractivity contribution >= 4 is 68.6 Å². The second kappa shape index (κ2) is 19.2. The van der Waals surface area contributed by atoms with Crippen molar-refractivity contribution in [2.75, 3.05) is 14.7 Å². The van der Waals surface area contributed by atoms with E-state index in [2.05, 4.69) is 294 Å². The molecule has 3 aliphatic heterocycles. The van der Waals surface area contributed by atoms with E-state index in [0.717, 1.165) is 32.1 Å². The number of hydrogen-bond acceptors (Lipinski definition) is 3. The summed E-state index contributed by atoms with van der Waals surface area (Å²) in [7, 11) is 0. The smallest absolute Gasteiger partial charge is 0.252 e. The Morgan fingerprint density at radius 2 is 0.839 bits per heavy atom. The highest BCUT2D eigenvalue weighted by Gasteiger charge is 2.58. The van der Waals surface area contributed by atoms with E-state index < -0.39 is 0 Å². The van der Waals surface area contributed by atoms with Gasteiger partial charge in [0.15, 0.2) is 0 Å². The Kier molecular flexibility index (Phi) is 12.4. The molecule has 15 rings (SSSR count). The third-order valence-corrected chi connectivity index (χ3v) is 23.2. The predicted octanol–water partition coefficient (Wildman–Crippen LogP) is 20.8. The van der Waals surface area contributed by atoms with E-state index >= 15 is 0 Å². The van der Waals surface area contributed by atoms with Crippen LogP contribution in [0.5, 0.6) is 0 Å². The molecule has 9 aromatic carbocycles. The first-order valence-corrected chi connectivity index (χ1v) is 32.9. The van der Waals surface area contributed by atoms with Crippen LogP contribution in [0.25, 0.3) is 33.4 Å². The van der Waals surface area contributed by atoms with Crippen LogP contribution in [0.15, 0.2) is 182 Å². The summed E-state index contributed by atoms with van der Waals surface area (Å²) in [4.78, 5) is 8.42. The zero-order chi connectivity index (χ0) is 60.5. The lowest BCUT2D eigenvalue weighted by atomic mass is 9.33. The monoisotopic (exact) mass is 1140 g/mol. The molecular formula is C83H88BN3. The number of rotatable bonds is 6. The molecule has 4 heteroatoms. The summed E-state index contributed by atoms with van der Waals surface area (Å²) in [6, 6.07) is 72.1. The molecule has 0 saturated heterocycles. The molecule has 0 bridgehead atoms. The lowest BCUT2D eigenvalue weighted by Crippen LogP contribution is -2.62. The van der Waals surface area contributed by atoms with E-state index in [-0.39, 0.29) is 44.7 Å². The molecule has 1 saturated carbocycles. The highest BCUT2D eigenvalue weighted by atomic mass is 15.3. The van der Waals surface area contributed by atoms with Gasteiger partial charge < -0.3 is 14.7 Å². The number of hydrogen-bond donors (Lipinski definition) is 0. The van der Waals surface area contributed by atoms with E-state index in [0.29, 0.717) is 0 Å². The Bertz CT molecular complexity index is 4270. The topological polar surface area (TPSA) is 9.72 Å². The molecular weight excluding hydrogens is 1050 g/mol. The van der Waals surface area contributed by atoms with E-state index in [9.17, 15) is 0 Å². The van der Waals surface area contributed by atoms with Gasteiger partial charge in [-0.15, -0.1) is 0 Å². The van der Waals surface area contributed by atoms with Crippen molar-refractivity contribution in [3.63, 3.8) is 0 Å². The number of anilines is 8. The van der Waals surface area contributed by atoms with Gasteiger partial charge in [-0.25, -0.2) is 0 Å². The second-order valence-corrected chi connectivity index (χ2v) is 31.4. The third-order valence-electron chi connectivity index (χ3n) is 23.2. The molecule has 87 heavy (non-hydrogen) atoms. The molecule has 0 aromatic heterocycles. The van der Waals surface area contributed by atoms with Crippen molar-refractivity contribution in [2.45, 2.75) is 186 Å². The predicted molar refractivity (Wildman–Crippen MR) is 374 cm³/mol. The summed E-state index contributed by atoms with van der Waals surface area (Å²) < 4.78 is 0. The van der Waals surface area contributed by atoms with Crippen LogP contribution in [0.2, 0.25) is 0 Å². The molecule has 438 valence electrons. The molecule has 0 spiro atoms. The minimum Gasteiger partial charge on any atom is -0.334 e. The van der Waals surface area contributed by atoms with Gasteiger partial charge in [-0.3, -0.25) is 0 Å². The zero-order valence-corrected chi connectivity index (χ0v) is 54.4. The average Bonchev–Trinajstić information content (AvgIpc) is 1.66. The van der Waals surface area contributed by atoms with Crippen LogP contribution in [0.4, 0.5) is 45.5 Å². The summed E-state index contributed by atoms with van der Waals surface area (Å²) >= 11 is 0. The number of aryl methyl sites for hydroxylation is 1. The van der Waals surface area contributed by atoms with Crippen LogP contribution in [0.1, 0.15) is 180 Å². The fourth-order valence-electron chi connectivity index (χ4n) is 17.5. The molecule has 0 amide bonds. The molecule has 3 nitrogen and oxygen atoms in total. The van der Waals surface area contributed by atoms with Crippen molar-refractivity contribution in [1.82, 2.24) is 0 Å². The van der Waals surface area contributed by atoms with Crippen LogP contribution in [-0.2, 0) is 32.5 Å². The summed E-state index contributed by atoms with van der Waals surface area (Å²) in [5.74, 6) is 0. The average molecular weight is 1140 g/mol. The highest BCUT2D eigenvalue weighted by Crippen LogP contribution is 2.63. The summed E-state index contributed by atoms with van der Waals surface area (Å²) in [6.07, 6.45) is 9.28. The molecule has 0 N–H and O–H groups in total. The van der Waals surface area contributed by atoms with Gasteiger partial charge in [0.05, 0.1) is 11.2 Å². The van der Waals surface area contributed by atoms with Gasteiger partial charge in [-0.05, 0) is 217 Å². The number of benzene rings is 9. The van der Waals surface area contributed by atoms with E-state index in [1.807, 2.05) is 0 Å². The first-order chi connectivity index (χ1) is 41.4. The van der Waals surface area contributed by atoms with Crippen LogP contribution in [0.3, 0.4) is 0 Å². The van der Waals surface area contributed by atoms with Gasteiger partial charge in [0.2, 0.25) is 0 Å². The summed E-state index contributed by atoms with van der Waals surface area (Å²) in [6.45, 7) is 34.7. The lowest BCUT2D eigenvalue weighted by Gasteiger charge is -2.51. The maximum atomic E-state index is 2.87. The Labute approximate surface area is 521 Å². The van der Waals surface area contributed by atoms with Crippen molar-refractivity contribution in [3.05, 3.63) is 221 Å². The Morgan fingerprint density at radius 1 is 0.368 bits per heavy atom. The lowest BCUT2D eigenvalue weighted by molar-refractivity contribution is 0.195. The van der Waals surface area contributed by atoms with Gasteiger partial charge in [0.1, 0.15) is 0 Å². The van der Waals surface area contributed by atoms with Crippen LogP contribution < -0.4 is 31.1 Å². The largest absolute Gasteiger partial charge is 0.334 e. The maximum absolute atomic E-state index is 2.87. The van der Waals surface area contributed by atoms with Crippen molar-refractivity contribution in [1.29, 1.82) is 0 Å². The molecule has 3 aliphatic carbocycles. The quantitative estimate of drug-likeness (QED) is 0.154. The first-order valence-electron chi connectivity index (χ1n) is 32.9. The van der Waals surface area contributed by atoms with Gasteiger partial charge in [-0.1, -0.05) is 223 Å². The van der Waals surface area contributed by atoms with Crippen molar-refractivity contribution < 1.29 is 0 Å². The fourth-order valence-corrected chi connectivity index (χ4v) is 17.5. The zero-order valence-electron chi connectivity index (χ0n) is 54.4. The maximum Gasteiger partial charge on any atom is 0.252 e. The SMILES string of the molecule is Cc1cc2c(cc1N1c3ccc(-c4ccccc4)cc3B3c4cc5c(cc4N(c4ccc(C(C)(C)C)cc4-c4ccccc4)c4cc(N6c7ccc(-c8ccccc8)cc7C7(C)CCCCC67C)cc1c43)C(C)(C)CCC5(C)C)C(C)(C)CCC2(C)C. The van der Waals surface area contributed by atoms with E-state index in [1.165, 1.54) is 153 Å². The number of fused-ring (bicyclic) bond motifs is 9. The normalized spacial score (nSPS) is 21.4. The molecule has 9 aromatic rings. The molecule has 1 fully saturated rings. The minimum absolute atomic E-state index is 0.00720. The molecule has 0 radical (unpaired) electrons. The summed E-state index contributed by atoms with van der Waals surface area (Å²) in [5.41, 5.74) is 31.6. The molecule has 3 heterocycles. The Morgan fingerprint density at radius 3 is 1.41 bits per heavy atom. The van der Waals surface area contributed by atoms with Crippen LogP contribution in [0, 0.1) is 6.92 Å². The van der Waals surface area contributed by atoms with Crippen molar-refractivity contribution in [3.8, 4) is 33.4 Å². The highest BCUT2D eigenvalue weighted by molar-refractivity contribution is 7.00. The summed E-state index contributed by atoms with van der Waals surface area (Å²) in [5, 5.41) is 0. The third kappa shape index (κ3) is 8.41. The van der Waals surface area contributed by atoms with Crippen molar-refractivity contribution in [2.24, 2.45) is 0 Å². The first kappa shape index (κ1) is 56.0. The van der Waals surface area contributed by atoms with Gasteiger partial charge >= 0.3 is 0 Å². The second-order valence-electron chi connectivity index (χ2n) is 31.4. The molecule has 2 atom stereocenters. The Balaban J connectivity index is 1.11. The molecule has 2 unspecified atom stereocenters. The van der Waals surface area contributed by atoms with E-state index in [1.54, 1.807) is 0 Å². The van der Waals surface area contributed by atoms with Crippen LogP contribution in [-0.4, -0.2) is 12.3 Å². The van der Waals surface area contributed by atoms with Crippen LogP contribution >= 0.6 is 0 Å².